The molecule has 0 fully saturated rings. The molecular weight excluding hydrogens is 182 g/mol. The molecule has 0 aromatic heterocycles. The van der Waals surface area contributed by atoms with Crippen molar-refractivity contribution in [1.82, 2.24) is 5.32 Å². The lowest BCUT2D eigenvalue weighted by molar-refractivity contribution is 0.546. The van der Waals surface area contributed by atoms with Gasteiger partial charge in [-0.05, 0) is 19.9 Å². The van der Waals surface area contributed by atoms with E-state index in [1.54, 1.807) is 0 Å². The van der Waals surface area contributed by atoms with E-state index in [0.29, 0.717) is 0 Å². The Morgan fingerprint density at radius 2 is 2.08 bits per heavy atom. The molecule has 0 spiro atoms. The van der Waals surface area contributed by atoms with Crippen LogP contribution in [0.3, 0.4) is 0 Å². The molecule has 2 rings (SSSR count). The smallest absolute Gasteiger partial charge is 0.0843 e. The summed E-state index contributed by atoms with van der Waals surface area (Å²) in [7, 11) is 0. The van der Waals surface area contributed by atoms with Crippen molar-refractivity contribution < 1.29 is 0 Å². The van der Waals surface area contributed by atoms with Gasteiger partial charge in [0, 0.05) is 5.56 Å². The van der Waals surface area contributed by atoms with Crippen LogP contribution in [0.4, 0.5) is 5.69 Å². The Kier molecular flexibility index (Phi) is 1.85. The van der Waals surface area contributed by atoms with Crippen molar-refractivity contribution in [2.45, 2.75) is 19.4 Å². The summed E-state index contributed by atoms with van der Waals surface area (Å²) in [5, 5.41) is 5.29. The Bertz CT molecular complexity index is 366. The molecule has 1 heterocycles. The summed E-state index contributed by atoms with van der Waals surface area (Å²) in [4.78, 5) is 0. The topological polar surface area (TPSA) is 14.1 Å². The maximum Gasteiger partial charge on any atom is 0.0843 e. The first-order valence-electron chi connectivity index (χ1n) is 4.29. The maximum atomic E-state index is 6.04. The van der Waals surface area contributed by atoms with Gasteiger partial charge in [-0.3, -0.25) is 5.32 Å². The predicted octanol–water partition coefficient (Wildman–Crippen LogP) is 3.38. The van der Waals surface area contributed by atoms with Crippen molar-refractivity contribution in [1.29, 1.82) is 0 Å². The fourth-order valence-corrected chi connectivity index (χ4v) is 1.63. The molecule has 1 nitrogen and oxygen atoms in total. The van der Waals surface area contributed by atoms with Gasteiger partial charge in [-0.25, -0.2) is 0 Å². The highest BCUT2D eigenvalue weighted by atomic mass is 35.5. The first-order valence-corrected chi connectivity index (χ1v) is 4.67. The van der Waals surface area contributed by atoms with E-state index < -0.39 is 0 Å². The third kappa shape index (κ3) is 1.56. The number of hydrogen-bond donors (Lipinski definition) is 0. The molecule has 0 N–H and O–H groups in total. The molecule has 0 bridgehead atoms. The summed E-state index contributed by atoms with van der Waals surface area (Å²) in [5.41, 5.74) is 1.89. The minimum atomic E-state index is -0.127. The minimum absolute atomic E-state index is 0.127. The fourth-order valence-electron chi connectivity index (χ4n) is 1.40. The lowest BCUT2D eigenvalue weighted by atomic mass is 9.97. The van der Waals surface area contributed by atoms with Gasteiger partial charge in [0.2, 0.25) is 0 Å². The standard InChI is InChI=1S/C11H11ClN/c1-11(2)7-6-8-4-3-5-9(12)10(8)13-11/h3-7H,1-2H3. The summed E-state index contributed by atoms with van der Waals surface area (Å²) < 4.78 is 0. The second-order valence-electron chi connectivity index (χ2n) is 3.78. The normalized spacial score (nSPS) is 17.8. The summed E-state index contributed by atoms with van der Waals surface area (Å²) in [6.45, 7) is 4.13. The zero-order chi connectivity index (χ0) is 9.47. The third-order valence-electron chi connectivity index (χ3n) is 2.09. The van der Waals surface area contributed by atoms with Gasteiger partial charge in [0.25, 0.3) is 0 Å². The number of nitrogens with zero attached hydrogens (tertiary/aromatic N) is 1. The first kappa shape index (κ1) is 8.64. The lowest BCUT2D eigenvalue weighted by Crippen LogP contribution is -2.29. The van der Waals surface area contributed by atoms with E-state index in [4.69, 9.17) is 11.6 Å². The number of halogens is 1. The number of hydrogen-bond acceptors (Lipinski definition) is 0. The van der Waals surface area contributed by atoms with Crippen LogP contribution in [0.1, 0.15) is 19.4 Å². The Balaban J connectivity index is 2.54. The second kappa shape index (κ2) is 2.78. The molecule has 2 heteroatoms. The van der Waals surface area contributed by atoms with Crippen LogP contribution in [0.5, 0.6) is 0 Å². The summed E-state index contributed by atoms with van der Waals surface area (Å²) in [6, 6.07) is 5.84. The highest BCUT2D eigenvalue weighted by Crippen LogP contribution is 2.33. The van der Waals surface area contributed by atoms with Gasteiger partial charge in [0.1, 0.15) is 0 Å². The highest BCUT2D eigenvalue weighted by Gasteiger charge is 2.22. The molecule has 0 atom stereocenters. The van der Waals surface area contributed by atoms with Gasteiger partial charge in [-0.15, -0.1) is 0 Å². The van der Waals surface area contributed by atoms with Crippen LogP contribution in [-0.2, 0) is 0 Å². The monoisotopic (exact) mass is 192 g/mol. The van der Waals surface area contributed by atoms with Crippen LogP contribution in [0.2, 0.25) is 5.02 Å². The Morgan fingerprint density at radius 3 is 2.85 bits per heavy atom. The number of rotatable bonds is 0. The summed E-state index contributed by atoms with van der Waals surface area (Å²) >= 11 is 6.04. The Hall–Kier alpha value is -0.950. The van der Waals surface area contributed by atoms with Crippen molar-refractivity contribution in [3.63, 3.8) is 0 Å². The third-order valence-corrected chi connectivity index (χ3v) is 2.39. The van der Waals surface area contributed by atoms with Crippen LogP contribution < -0.4 is 5.32 Å². The summed E-state index contributed by atoms with van der Waals surface area (Å²) in [5.74, 6) is 0. The van der Waals surface area contributed by atoms with Crippen molar-refractivity contribution in [3.05, 3.63) is 34.9 Å². The number of benzene rings is 1. The van der Waals surface area contributed by atoms with Crippen LogP contribution >= 0.6 is 11.6 Å². The van der Waals surface area contributed by atoms with Gasteiger partial charge >= 0.3 is 0 Å². The van der Waals surface area contributed by atoms with E-state index in [9.17, 15) is 0 Å². The fraction of sp³-hybridized carbons (Fsp3) is 0.273. The molecule has 1 aliphatic rings. The Labute approximate surface area is 83.4 Å². The van der Waals surface area contributed by atoms with E-state index in [-0.39, 0.29) is 5.54 Å². The van der Waals surface area contributed by atoms with Crippen LogP contribution in [-0.4, -0.2) is 5.54 Å². The minimum Gasteiger partial charge on any atom is -0.273 e. The largest absolute Gasteiger partial charge is 0.273 e. The molecule has 0 saturated heterocycles. The van der Waals surface area contributed by atoms with Crippen molar-refractivity contribution in [3.8, 4) is 0 Å². The van der Waals surface area contributed by atoms with E-state index in [2.05, 4.69) is 31.3 Å². The van der Waals surface area contributed by atoms with Crippen LogP contribution in [0, 0.1) is 0 Å². The zero-order valence-electron chi connectivity index (χ0n) is 7.71. The molecule has 1 radical (unpaired) electrons. The maximum absolute atomic E-state index is 6.04. The van der Waals surface area contributed by atoms with Gasteiger partial charge in [0.15, 0.2) is 0 Å². The SMILES string of the molecule is CC1(C)C=Cc2cccc(Cl)c2[N]1. The van der Waals surface area contributed by atoms with E-state index in [1.165, 1.54) is 0 Å². The zero-order valence-corrected chi connectivity index (χ0v) is 8.47. The molecule has 1 aliphatic heterocycles. The number of para-hydroxylation sites is 1. The molecule has 0 saturated carbocycles. The second-order valence-corrected chi connectivity index (χ2v) is 4.18. The van der Waals surface area contributed by atoms with Gasteiger partial charge in [-0.1, -0.05) is 35.9 Å². The Morgan fingerprint density at radius 1 is 1.31 bits per heavy atom. The molecule has 0 aliphatic carbocycles. The van der Waals surface area contributed by atoms with E-state index >= 15 is 0 Å². The molecule has 13 heavy (non-hydrogen) atoms. The number of fused-ring (bicyclic) bond motifs is 1. The molecule has 1 aromatic carbocycles. The molecule has 1 aromatic rings. The van der Waals surface area contributed by atoms with Gasteiger partial charge in [-0.2, -0.15) is 0 Å². The van der Waals surface area contributed by atoms with E-state index in [0.717, 1.165) is 16.3 Å². The average molecular weight is 193 g/mol. The average Bonchev–Trinajstić information content (AvgIpc) is 2.06. The molecule has 0 unspecified atom stereocenters. The quantitative estimate of drug-likeness (QED) is 0.599. The van der Waals surface area contributed by atoms with Gasteiger partial charge in [0.05, 0.1) is 16.2 Å². The van der Waals surface area contributed by atoms with Crippen LogP contribution in [0.25, 0.3) is 6.08 Å². The molecule has 0 amide bonds. The van der Waals surface area contributed by atoms with Crippen molar-refractivity contribution in [2.75, 3.05) is 0 Å². The lowest BCUT2D eigenvalue weighted by Gasteiger charge is -2.26. The van der Waals surface area contributed by atoms with Crippen molar-refractivity contribution in [2.24, 2.45) is 0 Å². The molecular formula is C11H11ClN. The highest BCUT2D eigenvalue weighted by molar-refractivity contribution is 6.33. The van der Waals surface area contributed by atoms with Gasteiger partial charge < -0.3 is 0 Å². The predicted molar refractivity (Wildman–Crippen MR) is 56.4 cm³/mol. The summed E-state index contributed by atoms with van der Waals surface area (Å²) in [6.07, 6.45) is 4.17. The van der Waals surface area contributed by atoms with E-state index in [1.807, 2.05) is 18.2 Å². The van der Waals surface area contributed by atoms with Crippen molar-refractivity contribution >= 4 is 23.4 Å². The van der Waals surface area contributed by atoms with Crippen LogP contribution in [0.15, 0.2) is 24.3 Å². The molecule has 67 valence electrons. The first-order chi connectivity index (χ1) is 6.08.